The zero-order chi connectivity index (χ0) is 28.8. The van der Waals surface area contributed by atoms with Gasteiger partial charge in [0.1, 0.15) is 11.4 Å². The first kappa shape index (κ1) is 26.2. The van der Waals surface area contributed by atoms with Crippen molar-refractivity contribution < 1.29 is 0 Å². The van der Waals surface area contributed by atoms with Gasteiger partial charge in [-0.25, -0.2) is 19.0 Å². The first-order chi connectivity index (χ1) is 20.4. The highest BCUT2D eigenvalue weighted by Gasteiger charge is 2.27. The Morgan fingerprint density at radius 2 is 1.19 bits per heavy atom. The number of aromatic nitrogens is 4. The second-order valence-electron chi connectivity index (χ2n) is 11.0. The van der Waals surface area contributed by atoms with E-state index in [0.717, 1.165) is 86.4 Å². The molecule has 0 unspecified atom stereocenters. The number of amidine groups is 2. The van der Waals surface area contributed by atoms with Gasteiger partial charge in [-0.05, 0) is 44.4 Å². The third kappa shape index (κ3) is 4.76. The maximum absolute atomic E-state index is 8.74. The van der Waals surface area contributed by atoms with Crippen LogP contribution in [0.3, 0.4) is 0 Å². The average molecular weight is 566 g/mol. The molecule has 4 aromatic rings. The summed E-state index contributed by atoms with van der Waals surface area (Å²) in [5.74, 6) is 2.43. The van der Waals surface area contributed by atoms with Gasteiger partial charge in [-0.3, -0.25) is 5.41 Å². The van der Waals surface area contributed by atoms with Crippen molar-refractivity contribution in [3.05, 3.63) is 60.6 Å². The van der Waals surface area contributed by atoms with Gasteiger partial charge in [-0.2, -0.15) is 0 Å². The lowest BCUT2D eigenvalue weighted by Gasteiger charge is -2.32. The molecule has 0 spiro atoms. The predicted octanol–water partition coefficient (Wildman–Crippen LogP) is 1.71. The molecule has 4 N–H and O–H groups in total. The minimum atomic E-state index is 0.185. The van der Waals surface area contributed by atoms with Gasteiger partial charge in [0.2, 0.25) is 0 Å². The fourth-order valence-electron chi connectivity index (χ4n) is 5.57. The van der Waals surface area contributed by atoms with Crippen LogP contribution in [0.4, 0.5) is 23.0 Å². The number of nitrogens with zero attached hydrogens (tertiary/aromatic N) is 10. The molecule has 2 saturated heterocycles. The highest BCUT2D eigenvalue weighted by molar-refractivity contribution is 6.50. The van der Waals surface area contributed by atoms with Crippen molar-refractivity contribution in [1.82, 2.24) is 34.3 Å². The fourth-order valence-corrected chi connectivity index (χ4v) is 5.57. The van der Waals surface area contributed by atoms with E-state index in [1.807, 2.05) is 57.8 Å². The quantitative estimate of drug-likeness (QED) is 0.341. The molecule has 0 atom stereocenters. The van der Waals surface area contributed by atoms with Crippen LogP contribution in [0.2, 0.25) is 0 Å². The SMILES string of the molecule is CN1CCN(c2nn3ccccc3c2/N=C2\N/C(=N/c3c(N4CCN(C)CC4)nn4ccccc34)C(N)=CC2=N)CC1. The van der Waals surface area contributed by atoms with Crippen molar-refractivity contribution in [2.24, 2.45) is 15.7 Å². The Morgan fingerprint density at radius 1 is 0.714 bits per heavy atom. The van der Waals surface area contributed by atoms with Crippen LogP contribution in [0.5, 0.6) is 0 Å². The summed E-state index contributed by atoms with van der Waals surface area (Å²) in [5.41, 5.74) is 10.2. The van der Waals surface area contributed by atoms with Crippen LogP contribution in [0.1, 0.15) is 0 Å². The molecule has 4 aromatic heterocycles. The second kappa shape index (κ2) is 10.6. The van der Waals surface area contributed by atoms with E-state index in [1.54, 1.807) is 6.08 Å². The molecule has 13 nitrogen and oxygen atoms in total. The van der Waals surface area contributed by atoms with Gasteiger partial charge < -0.3 is 30.7 Å². The van der Waals surface area contributed by atoms with Gasteiger partial charge in [0.15, 0.2) is 23.3 Å². The lowest BCUT2D eigenvalue weighted by molar-refractivity contribution is 0.312. The number of aliphatic imine (C=N–C) groups is 2. The molecule has 0 saturated carbocycles. The van der Waals surface area contributed by atoms with Crippen LogP contribution < -0.4 is 20.9 Å². The van der Waals surface area contributed by atoms with Crippen molar-refractivity contribution in [3.63, 3.8) is 0 Å². The van der Waals surface area contributed by atoms with Crippen LogP contribution in [0.25, 0.3) is 11.0 Å². The molecule has 7 rings (SSSR count). The van der Waals surface area contributed by atoms with E-state index in [9.17, 15) is 0 Å². The van der Waals surface area contributed by atoms with Gasteiger partial charge in [0.25, 0.3) is 0 Å². The summed E-state index contributed by atoms with van der Waals surface area (Å²) in [6.07, 6.45) is 5.46. The average Bonchev–Trinajstić information content (AvgIpc) is 3.55. The van der Waals surface area contributed by atoms with Gasteiger partial charge in [0, 0.05) is 64.8 Å². The molecule has 0 bridgehead atoms. The number of rotatable bonds is 4. The highest BCUT2D eigenvalue weighted by atomic mass is 15.4. The Balaban J connectivity index is 1.29. The van der Waals surface area contributed by atoms with Gasteiger partial charge in [-0.15, -0.1) is 10.2 Å². The number of likely N-dealkylation sites (N-methyl/N-ethyl adjacent to an activating group) is 2. The summed E-state index contributed by atoms with van der Waals surface area (Å²) < 4.78 is 3.70. The molecule has 0 radical (unpaired) electrons. The molecule has 42 heavy (non-hydrogen) atoms. The Bertz CT molecular complexity index is 1740. The van der Waals surface area contributed by atoms with Crippen molar-refractivity contribution in [2.75, 3.05) is 76.3 Å². The summed E-state index contributed by atoms with van der Waals surface area (Å²) in [4.78, 5) is 19.2. The molecule has 3 aliphatic rings. The molecule has 216 valence electrons. The summed E-state index contributed by atoms with van der Waals surface area (Å²) in [6.45, 7) is 7.22. The van der Waals surface area contributed by atoms with E-state index in [0.29, 0.717) is 17.4 Å². The molecule has 0 aliphatic carbocycles. The van der Waals surface area contributed by atoms with E-state index in [4.69, 9.17) is 31.3 Å². The molecule has 13 heteroatoms. The number of pyridine rings is 2. The monoisotopic (exact) mass is 565 g/mol. The van der Waals surface area contributed by atoms with Crippen LogP contribution in [0.15, 0.2) is 70.5 Å². The Hall–Kier alpha value is -4.75. The first-order valence-electron chi connectivity index (χ1n) is 14.3. The van der Waals surface area contributed by atoms with Crippen molar-refractivity contribution in [1.29, 1.82) is 5.41 Å². The number of anilines is 2. The van der Waals surface area contributed by atoms with Gasteiger partial charge in [0.05, 0.1) is 22.4 Å². The molecule has 3 aliphatic heterocycles. The van der Waals surface area contributed by atoms with Gasteiger partial charge >= 0.3 is 0 Å². The highest BCUT2D eigenvalue weighted by Crippen LogP contribution is 2.35. The molecular formula is C29H35N13. The van der Waals surface area contributed by atoms with Crippen molar-refractivity contribution in [3.8, 4) is 0 Å². The summed E-state index contributed by atoms with van der Waals surface area (Å²) in [5, 5.41) is 21.8. The summed E-state index contributed by atoms with van der Waals surface area (Å²) in [6, 6.07) is 11.9. The summed E-state index contributed by atoms with van der Waals surface area (Å²) in [7, 11) is 4.26. The third-order valence-electron chi connectivity index (χ3n) is 8.11. The van der Waals surface area contributed by atoms with E-state index in [-0.39, 0.29) is 5.71 Å². The maximum atomic E-state index is 8.74. The molecule has 2 fully saturated rings. The molecule has 0 aromatic carbocycles. The molecule has 0 amide bonds. The van der Waals surface area contributed by atoms with Crippen LogP contribution in [-0.2, 0) is 0 Å². The minimum absolute atomic E-state index is 0.185. The lowest BCUT2D eigenvalue weighted by atomic mass is 10.2. The number of piperazine rings is 2. The smallest absolute Gasteiger partial charge is 0.177 e. The number of nitrogens with one attached hydrogen (secondary N) is 2. The first-order valence-corrected chi connectivity index (χ1v) is 14.3. The molecule has 7 heterocycles. The molecular weight excluding hydrogens is 530 g/mol. The van der Waals surface area contributed by atoms with Crippen LogP contribution in [-0.4, -0.2) is 113 Å². The topological polar surface area (TPSA) is 134 Å². The largest absolute Gasteiger partial charge is 0.396 e. The van der Waals surface area contributed by atoms with Crippen molar-refractivity contribution in [2.45, 2.75) is 0 Å². The number of hydrogen-bond acceptors (Lipinski definition) is 10. The Kier molecular flexibility index (Phi) is 6.59. The summed E-state index contributed by atoms with van der Waals surface area (Å²) >= 11 is 0. The standard InChI is InChI=1S/C29H35N13/c1-37-11-15-39(16-12-37)28-24(22-7-3-5-9-41(22)35-28)32-26-20(30)19-21(31)27(34-26)33-25-23-8-4-6-10-42(23)36-29(25)40-17-13-38(2)14-18-40/h3-10,19,30H,11-18,31H2,1-2H3,(H,32,33,34). The third-order valence-corrected chi connectivity index (χ3v) is 8.11. The fraction of sp³-hybridized carbons (Fsp3) is 0.345. The number of nitrogens with two attached hydrogens (primary N) is 1. The maximum Gasteiger partial charge on any atom is 0.177 e. The Labute approximate surface area is 243 Å². The zero-order valence-electron chi connectivity index (χ0n) is 23.9. The zero-order valence-corrected chi connectivity index (χ0v) is 23.9. The van der Waals surface area contributed by atoms with E-state index in [2.05, 4.69) is 39.0 Å². The lowest BCUT2D eigenvalue weighted by Crippen LogP contribution is -2.45. The van der Waals surface area contributed by atoms with Crippen LogP contribution >= 0.6 is 0 Å². The van der Waals surface area contributed by atoms with E-state index in [1.165, 1.54) is 0 Å². The van der Waals surface area contributed by atoms with Crippen molar-refractivity contribution >= 4 is 51.4 Å². The minimum Gasteiger partial charge on any atom is -0.396 e. The van der Waals surface area contributed by atoms with E-state index < -0.39 is 0 Å². The second-order valence-corrected chi connectivity index (χ2v) is 11.0. The predicted molar refractivity (Wildman–Crippen MR) is 167 cm³/mol. The number of fused-ring (bicyclic) bond motifs is 2. The normalized spacial score (nSPS) is 21.1. The Morgan fingerprint density at radius 3 is 1.69 bits per heavy atom. The van der Waals surface area contributed by atoms with Crippen LogP contribution in [0, 0.1) is 5.41 Å². The van der Waals surface area contributed by atoms with E-state index >= 15 is 0 Å². The number of hydrogen-bond donors (Lipinski definition) is 3. The van der Waals surface area contributed by atoms with Gasteiger partial charge in [-0.1, -0.05) is 12.1 Å².